The van der Waals surface area contributed by atoms with Crippen LogP contribution in [0.4, 0.5) is 11.5 Å². The lowest BCUT2D eigenvalue weighted by molar-refractivity contribution is 0.0977. The van der Waals surface area contributed by atoms with Crippen molar-refractivity contribution in [2.24, 2.45) is 0 Å². The zero-order valence-electron chi connectivity index (χ0n) is 10.6. The number of halogens is 1. The van der Waals surface area contributed by atoms with E-state index in [1.54, 1.807) is 6.07 Å². The lowest BCUT2D eigenvalue weighted by Crippen LogP contribution is -2.17. The summed E-state index contributed by atoms with van der Waals surface area (Å²) in [5.74, 6) is 0.172. The van der Waals surface area contributed by atoms with Crippen LogP contribution in [0.1, 0.15) is 28.2 Å². The smallest absolute Gasteiger partial charge is 0.288 e. The molecule has 2 aromatic heterocycles. The third-order valence-corrected chi connectivity index (χ3v) is 3.38. The van der Waals surface area contributed by atoms with Gasteiger partial charge < -0.3 is 5.32 Å². The zero-order chi connectivity index (χ0) is 13.9. The van der Waals surface area contributed by atoms with Crippen molar-refractivity contribution in [1.82, 2.24) is 20.0 Å². The summed E-state index contributed by atoms with van der Waals surface area (Å²) in [4.78, 5) is 18.2. The fourth-order valence-corrected chi connectivity index (χ4v) is 2.36. The summed E-state index contributed by atoms with van der Waals surface area (Å²) >= 11 is 5.33. The van der Waals surface area contributed by atoms with Crippen molar-refractivity contribution in [2.45, 2.75) is 19.3 Å². The Hall–Kier alpha value is -2.21. The van der Waals surface area contributed by atoms with Gasteiger partial charge in [-0.3, -0.25) is 9.63 Å². The van der Waals surface area contributed by atoms with Gasteiger partial charge in [-0.05, 0) is 37.0 Å². The number of rotatable bonds is 3. The van der Waals surface area contributed by atoms with Crippen LogP contribution in [-0.4, -0.2) is 21.1 Å². The zero-order valence-corrected chi connectivity index (χ0v) is 11.3. The fraction of sp³-hybridized carbons (Fsp3) is 0.231. The predicted molar refractivity (Wildman–Crippen MR) is 74.9 cm³/mol. The molecule has 1 aliphatic rings. The first-order valence-electron chi connectivity index (χ1n) is 6.26. The molecule has 2 aromatic rings. The van der Waals surface area contributed by atoms with Gasteiger partial charge in [-0.2, -0.15) is 5.10 Å². The second-order valence-corrected chi connectivity index (χ2v) is 4.69. The molecule has 3 rings (SSSR count). The number of nitrogens with zero attached hydrogens (tertiary/aromatic N) is 3. The minimum absolute atomic E-state index is 0.129. The highest BCUT2D eigenvalue weighted by atomic mass is 35.5. The summed E-state index contributed by atoms with van der Waals surface area (Å²) in [6, 6.07) is 5.61. The van der Waals surface area contributed by atoms with E-state index in [-0.39, 0.29) is 5.69 Å². The topological polar surface area (TPSA) is 79.8 Å². The molecule has 0 atom stereocenters. The minimum atomic E-state index is -0.511. The normalized spacial score (nSPS) is 12.8. The number of carbonyl (C=O) groups is 1. The lowest BCUT2D eigenvalue weighted by Gasteiger charge is -2.09. The van der Waals surface area contributed by atoms with Crippen molar-refractivity contribution < 1.29 is 4.79 Å². The Labute approximate surface area is 120 Å². The summed E-state index contributed by atoms with van der Waals surface area (Å²) < 4.78 is 0. The van der Waals surface area contributed by atoms with Crippen molar-refractivity contribution in [3.8, 4) is 0 Å². The molecular formula is C13H12ClN5O. The van der Waals surface area contributed by atoms with E-state index in [4.69, 9.17) is 11.8 Å². The number of anilines is 2. The number of pyridine rings is 1. The van der Waals surface area contributed by atoms with E-state index in [1.165, 1.54) is 11.8 Å². The van der Waals surface area contributed by atoms with Gasteiger partial charge in [-0.15, -0.1) is 5.10 Å². The molecule has 0 fully saturated rings. The van der Waals surface area contributed by atoms with Gasteiger partial charge in [0, 0.05) is 17.5 Å². The highest BCUT2D eigenvalue weighted by molar-refractivity contribution is 6.24. The highest BCUT2D eigenvalue weighted by Gasteiger charge is 2.15. The van der Waals surface area contributed by atoms with Crippen LogP contribution in [-0.2, 0) is 12.8 Å². The number of fused-ring (bicyclic) bond motifs is 1. The second kappa shape index (κ2) is 5.42. The molecular weight excluding hydrogens is 278 g/mol. The number of hydrogen-bond donors (Lipinski definition) is 2. The van der Waals surface area contributed by atoms with Crippen LogP contribution in [0.25, 0.3) is 0 Å². The average Bonchev–Trinajstić information content (AvgIpc) is 2.94. The lowest BCUT2D eigenvalue weighted by atomic mass is 10.2. The largest absolute Gasteiger partial charge is 0.338 e. The average molecular weight is 290 g/mol. The Morgan fingerprint density at radius 3 is 3.00 bits per heavy atom. The van der Waals surface area contributed by atoms with Crippen LogP contribution < -0.4 is 10.2 Å². The Balaban J connectivity index is 1.90. The summed E-state index contributed by atoms with van der Waals surface area (Å²) in [6.07, 6.45) is 4.72. The Kier molecular flexibility index (Phi) is 3.47. The summed E-state index contributed by atoms with van der Waals surface area (Å²) in [5, 5.41) is 10.5. The first-order valence-corrected chi connectivity index (χ1v) is 6.64. The minimum Gasteiger partial charge on any atom is -0.338 e. The van der Waals surface area contributed by atoms with Crippen molar-refractivity contribution >= 4 is 29.2 Å². The summed E-state index contributed by atoms with van der Waals surface area (Å²) in [7, 11) is 0. The van der Waals surface area contributed by atoms with Gasteiger partial charge in [0.25, 0.3) is 5.91 Å². The Morgan fingerprint density at radius 2 is 2.15 bits per heavy atom. The van der Waals surface area contributed by atoms with Crippen LogP contribution in [0.15, 0.2) is 24.4 Å². The predicted octanol–water partition coefficient (Wildman–Crippen LogP) is 1.99. The molecule has 6 nitrogen and oxygen atoms in total. The molecule has 0 aromatic carbocycles. The van der Waals surface area contributed by atoms with Gasteiger partial charge in [0.05, 0.1) is 11.9 Å². The molecule has 1 amide bonds. The summed E-state index contributed by atoms with van der Waals surface area (Å²) in [5.41, 5.74) is 3.05. The van der Waals surface area contributed by atoms with Crippen LogP contribution in [0.2, 0.25) is 0 Å². The van der Waals surface area contributed by atoms with Crippen LogP contribution in [0.5, 0.6) is 0 Å². The van der Waals surface area contributed by atoms with Crippen molar-refractivity contribution in [3.05, 3.63) is 41.3 Å². The van der Waals surface area contributed by atoms with Crippen LogP contribution in [0.3, 0.4) is 0 Å². The molecule has 0 spiro atoms. The van der Waals surface area contributed by atoms with Crippen molar-refractivity contribution in [1.29, 1.82) is 0 Å². The van der Waals surface area contributed by atoms with Crippen molar-refractivity contribution in [2.75, 3.05) is 5.32 Å². The van der Waals surface area contributed by atoms with E-state index in [9.17, 15) is 4.79 Å². The maximum Gasteiger partial charge on any atom is 0.288 e. The van der Waals surface area contributed by atoms with E-state index in [0.717, 1.165) is 25.0 Å². The molecule has 0 saturated carbocycles. The van der Waals surface area contributed by atoms with Gasteiger partial charge in [0.15, 0.2) is 5.69 Å². The number of carbonyl (C=O) groups excluding carboxylic acids is 1. The number of nitrogens with one attached hydrogen (secondary N) is 2. The molecule has 102 valence electrons. The monoisotopic (exact) mass is 289 g/mol. The first kappa shape index (κ1) is 12.8. The number of amides is 1. The maximum absolute atomic E-state index is 11.6. The van der Waals surface area contributed by atoms with Crippen LogP contribution >= 0.6 is 11.8 Å². The highest BCUT2D eigenvalue weighted by Crippen LogP contribution is 2.24. The molecule has 2 N–H and O–H groups in total. The third kappa shape index (κ3) is 2.42. The molecule has 0 bridgehead atoms. The molecule has 20 heavy (non-hydrogen) atoms. The standard InChI is InChI=1S/C13H12ClN5O/c14-18-13(20)12-10(6-7-15-19-12)17-11-5-4-8-2-1-3-9(8)16-11/h4-7H,1-3H2,(H,18,20)(H,15,16,17). The third-order valence-electron chi connectivity index (χ3n) is 3.21. The number of hydrogen-bond acceptors (Lipinski definition) is 5. The van der Waals surface area contributed by atoms with E-state index in [1.807, 2.05) is 10.9 Å². The quantitative estimate of drug-likeness (QED) is 0.845. The Morgan fingerprint density at radius 1 is 1.25 bits per heavy atom. The van der Waals surface area contributed by atoms with Crippen LogP contribution in [0, 0.1) is 0 Å². The van der Waals surface area contributed by atoms with Gasteiger partial charge in [-0.25, -0.2) is 4.98 Å². The SMILES string of the molecule is O=C(NCl)c1nnccc1Nc1ccc2c(n1)CCC2. The molecule has 7 heteroatoms. The molecule has 0 aliphatic heterocycles. The number of aromatic nitrogens is 3. The molecule has 1 aliphatic carbocycles. The maximum atomic E-state index is 11.6. The van der Waals surface area contributed by atoms with E-state index < -0.39 is 5.91 Å². The van der Waals surface area contributed by atoms with Gasteiger partial charge in [-0.1, -0.05) is 6.07 Å². The molecule has 2 heterocycles. The van der Waals surface area contributed by atoms with Gasteiger partial charge in [0.2, 0.25) is 0 Å². The summed E-state index contributed by atoms with van der Waals surface area (Å²) in [6.45, 7) is 0. The van der Waals surface area contributed by atoms with Gasteiger partial charge in [0.1, 0.15) is 5.82 Å². The second-order valence-electron chi connectivity index (χ2n) is 4.50. The Bertz CT molecular complexity index is 661. The van der Waals surface area contributed by atoms with Crippen molar-refractivity contribution in [3.63, 3.8) is 0 Å². The van der Waals surface area contributed by atoms with E-state index >= 15 is 0 Å². The fourth-order valence-electron chi connectivity index (χ4n) is 2.27. The van der Waals surface area contributed by atoms with Gasteiger partial charge >= 0.3 is 0 Å². The number of aryl methyl sites for hydroxylation is 2. The molecule has 0 radical (unpaired) electrons. The molecule has 0 unspecified atom stereocenters. The van der Waals surface area contributed by atoms with E-state index in [0.29, 0.717) is 11.5 Å². The molecule has 0 saturated heterocycles. The first-order chi connectivity index (χ1) is 9.78. The van der Waals surface area contributed by atoms with E-state index in [2.05, 4.69) is 26.6 Å².